The smallest absolute Gasteiger partial charge is 0.290 e. The molecule has 0 aliphatic rings. The third-order valence-corrected chi connectivity index (χ3v) is 4.19. The van der Waals surface area contributed by atoms with Crippen molar-refractivity contribution in [3.63, 3.8) is 0 Å². The summed E-state index contributed by atoms with van der Waals surface area (Å²) in [6, 6.07) is 17.7. The van der Waals surface area contributed by atoms with E-state index in [-0.39, 0.29) is 12.1 Å². The number of tetrazole rings is 1. The van der Waals surface area contributed by atoms with Crippen LogP contribution in [0.2, 0.25) is 0 Å². The van der Waals surface area contributed by atoms with Crippen LogP contribution < -0.4 is 10.6 Å². The Morgan fingerprint density at radius 1 is 0.923 bits per heavy atom. The van der Waals surface area contributed by atoms with Crippen LogP contribution in [0.25, 0.3) is 0 Å². The normalized spacial score (nSPS) is 12.2. The molecule has 3 aromatic rings. The lowest BCUT2D eigenvalue weighted by Gasteiger charge is -2.25. The fraction of sp³-hybridized carbons (Fsp3) is 0.263. The van der Waals surface area contributed by atoms with Gasteiger partial charge < -0.3 is 0 Å². The summed E-state index contributed by atoms with van der Waals surface area (Å²) in [5, 5.41) is 7.74. The molecule has 134 valence electrons. The number of hydrogen-bond donors (Lipinski definition) is 0. The van der Waals surface area contributed by atoms with E-state index in [9.17, 15) is 9.59 Å². The minimum Gasteiger partial charge on any atom is -0.290 e. The molecule has 0 N–H and O–H groups in total. The maximum Gasteiger partial charge on any atom is 0.373 e. The van der Waals surface area contributed by atoms with Gasteiger partial charge in [-0.25, -0.2) is 9.59 Å². The first kappa shape index (κ1) is 17.6. The van der Waals surface area contributed by atoms with Crippen LogP contribution in [0, 0.1) is 0 Å². The third kappa shape index (κ3) is 3.28. The van der Waals surface area contributed by atoms with Gasteiger partial charge in [0.05, 0.1) is 6.04 Å². The van der Waals surface area contributed by atoms with Crippen molar-refractivity contribution in [2.24, 2.45) is 0 Å². The molecule has 0 aliphatic carbocycles. The molecule has 0 saturated heterocycles. The summed E-state index contributed by atoms with van der Waals surface area (Å²) in [5.74, 6) is 0. The van der Waals surface area contributed by atoms with E-state index in [1.165, 1.54) is 9.58 Å². The van der Waals surface area contributed by atoms with Crippen molar-refractivity contribution in [1.29, 1.82) is 0 Å². The zero-order valence-electron chi connectivity index (χ0n) is 15.0. The zero-order valence-corrected chi connectivity index (χ0v) is 15.0. The van der Waals surface area contributed by atoms with Gasteiger partial charge in [0.25, 0.3) is 0 Å². The van der Waals surface area contributed by atoms with E-state index in [0.717, 1.165) is 10.2 Å². The minimum absolute atomic E-state index is 0.145. The maximum atomic E-state index is 13.0. The van der Waals surface area contributed by atoms with Gasteiger partial charge in [-0.15, -0.1) is 4.68 Å². The van der Waals surface area contributed by atoms with Crippen LogP contribution in [0.4, 0.5) is 10.5 Å². The van der Waals surface area contributed by atoms with Crippen LogP contribution in [0.1, 0.15) is 32.4 Å². The molecule has 0 spiro atoms. The highest BCUT2D eigenvalue weighted by Gasteiger charge is 2.26. The van der Waals surface area contributed by atoms with Crippen molar-refractivity contribution in [2.75, 3.05) is 4.90 Å². The summed E-state index contributed by atoms with van der Waals surface area (Å²) >= 11 is 0. The molecule has 26 heavy (non-hydrogen) atoms. The number of nitrogens with zero attached hydrogens (tertiary/aromatic N) is 5. The molecule has 0 bridgehead atoms. The van der Waals surface area contributed by atoms with Gasteiger partial charge in [-0.05, 0) is 48.9 Å². The Labute approximate surface area is 151 Å². The lowest BCUT2D eigenvalue weighted by molar-refractivity contribution is 0.242. The highest BCUT2D eigenvalue weighted by molar-refractivity contribution is 5.93. The van der Waals surface area contributed by atoms with Crippen LogP contribution in [-0.2, 0) is 0 Å². The largest absolute Gasteiger partial charge is 0.373 e. The summed E-state index contributed by atoms with van der Waals surface area (Å²) in [4.78, 5) is 27.2. The maximum absolute atomic E-state index is 13.0. The predicted octanol–water partition coefficient (Wildman–Crippen LogP) is 2.93. The van der Waals surface area contributed by atoms with E-state index in [1.807, 2.05) is 81.4 Å². The molecule has 7 nitrogen and oxygen atoms in total. The Kier molecular flexibility index (Phi) is 4.97. The van der Waals surface area contributed by atoms with Crippen molar-refractivity contribution in [1.82, 2.24) is 19.8 Å². The summed E-state index contributed by atoms with van der Waals surface area (Å²) in [7, 11) is 0. The molecule has 0 fully saturated rings. The van der Waals surface area contributed by atoms with E-state index in [1.54, 1.807) is 0 Å². The van der Waals surface area contributed by atoms with Crippen molar-refractivity contribution in [2.45, 2.75) is 32.9 Å². The van der Waals surface area contributed by atoms with Crippen molar-refractivity contribution in [3.8, 4) is 0 Å². The van der Waals surface area contributed by atoms with Crippen molar-refractivity contribution < 1.29 is 4.79 Å². The number of aromatic nitrogens is 4. The van der Waals surface area contributed by atoms with E-state index in [0.29, 0.717) is 5.69 Å². The lowest BCUT2D eigenvalue weighted by atomic mass is 10.1. The molecule has 0 unspecified atom stereocenters. The van der Waals surface area contributed by atoms with Crippen LogP contribution in [0.3, 0.4) is 0 Å². The topological polar surface area (TPSA) is 73.0 Å². The summed E-state index contributed by atoms with van der Waals surface area (Å²) in [6.45, 7) is 5.61. The highest BCUT2D eigenvalue weighted by Crippen LogP contribution is 2.18. The number of para-hydroxylation sites is 1. The number of carbonyl (C=O) groups excluding carboxylic acids is 1. The number of amides is 1. The molecular weight excluding hydrogens is 330 g/mol. The lowest BCUT2D eigenvalue weighted by Crippen LogP contribution is -2.45. The van der Waals surface area contributed by atoms with Crippen LogP contribution in [0.5, 0.6) is 0 Å². The number of carbonyl (C=O) groups is 1. The predicted molar refractivity (Wildman–Crippen MR) is 99.4 cm³/mol. The van der Waals surface area contributed by atoms with Gasteiger partial charge in [0.1, 0.15) is 0 Å². The molecule has 1 atom stereocenters. The molecule has 0 radical (unpaired) electrons. The van der Waals surface area contributed by atoms with Gasteiger partial charge in [0.15, 0.2) is 0 Å². The van der Waals surface area contributed by atoms with Crippen molar-refractivity contribution in [3.05, 3.63) is 76.7 Å². The van der Waals surface area contributed by atoms with Crippen LogP contribution in [0.15, 0.2) is 65.5 Å². The number of hydrogen-bond acceptors (Lipinski definition) is 4. The molecule has 0 aliphatic heterocycles. The van der Waals surface area contributed by atoms with Gasteiger partial charge in [-0.2, -0.15) is 4.68 Å². The zero-order chi connectivity index (χ0) is 18.7. The van der Waals surface area contributed by atoms with E-state index in [2.05, 4.69) is 10.4 Å². The molecule has 1 amide bonds. The minimum atomic E-state index is -0.562. The fourth-order valence-corrected chi connectivity index (χ4v) is 2.81. The first-order valence-electron chi connectivity index (χ1n) is 8.48. The first-order valence-corrected chi connectivity index (χ1v) is 8.48. The Morgan fingerprint density at radius 2 is 1.50 bits per heavy atom. The molecule has 1 aromatic heterocycles. The van der Waals surface area contributed by atoms with E-state index < -0.39 is 11.7 Å². The van der Waals surface area contributed by atoms with Gasteiger partial charge >= 0.3 is 11.7 Å². The molecule has 3 rings (SSSR count). The Bertz CT molecular complexity index is 931. The second-order valence-electron chi connectivity index (χ2n) is 6.29. The quantitative estimate of drug-likeness (QED) is 0.678. The van der Waals surface area contributed by atoms with Crippen LogP contribution in [-0.4, -0.2) is 31.9 Å². The monoisotopic (exact) mass is 351 g/mol. The number of anilines is 1. The second kappa shape index (κ2) is 7.35. The number of benzene rings is 2. The van der Waals surface area contributed by atoms with E-state index >= 15 is 0 Å². The highest BCUT2D eigenvalue weighted by atomic mass is 16.2. The molecule has 0 saturated carbocycles. The van der Waals surface area contributed by atoms with E-state index in [4.69, 9.17) is 0 Å². The SMILES string of the molecule is CC(C)N(C(=O)n1nnn([C@@H](C)c2ccccc2)c1=O)c1ccccc1. The Hall–Kier alpha value is -3.22. The summed E-state index contributed by atoms with van der Waals surface area (Å²) in [6.07, 6.45) is 0. The fourth-order valence-electron chi connectivity index (χ4n) is 2.81. The molecule has 1 heterocycles. The number of rotatable bonds is 4. The average molecular weight is 351 g/mol. The summed E-state index contributed by atoms with van der Waals surface area (Å²) in [5.41, 5.74) is 1.05. The Morgan fingerprint density at radius 3 is 2.08 bits per heavy atom. The van der Waals surface area contributed by atoms with Gasteiger partial charge in [0, 0.05) is 11.7 Å². The van der Waals surface area contributed by atoms with Gasteiger partial charge in [0.2, 0.25) is 0 Å². The second-order valence-corrected chi connectivity index (χ2v) is 6.29. The van der Waals surface area contributed by atoms with Gasteiger partial charge in [-0.3, -0.25) is 4.90 Å². The van der Waals surface area contributed by atoms with Gasteiger partial charge in [-0.1, -0.05) is 48.5 Å². The average Bonchev–Trinajstić information content (AvgIpc) is 3.04. The Balaban J connectivity index is 1.96. The molecular formula is C19H21N5O2. The molecule has 7 heteroatoms. The first-order chi connectivity index (χ1) is 12.5. The van der Waals surface area contributed by atoms with Crippen LogP contribution >= 0.6 is 0 Å². The standard InChI is InChI=1S/C19H21N5O2/c1-14(2)22(17-12-8-5-9-13-17)18(25)24-19(26)23(20-21-24)15(3)16-10-6-4-7-11-16/h4-15H,1-3H3/t15-/m0/s1. The third-order valence-electron chi connectivity index (χ3n) is 4.19. The van der Waals surface area contributed by atoms with Crippen molar-refractivity contribution >= 4 is 11.7 Å². The summed E-state index contributed by atoms with van der Waals surface area (Å²) < 4.78 is 2.03. The molecule has 2 aromatic carbocycles.